The summed E-state index contributed by atoms with van der Waals surface area (Å²) < 4.78 is 6.05. The normalized spacial score (nSPS) is 10.9. The van der Waals surface area contributed by atoms with Crippen molar-refractivity contribution in [1.82, 2.24) is 9.97 Å². The SMILES string of the molecule is c1ccc2c(Nc3ccc(Oc4ccc(Nc5ccnc6ccccc56)cc4)cc3)ccnc2c1. The second-order valence-corrected chi connectivity index (χ2v) is 8.15. The molecule has 0 atom stereocenters. The van der Waals surface area contributed by atoms with Crippen LogP contribution in [0.3, 0.4) is 0 Å². The molecule has 168 valence electrons. The predicted octanol–water partition coefficient (Wildman–Crippen LogP) is 8.06. The summed E-state index contributed by atoms with van der Waals surface area (Å²) in [4.78, 5) is 8.84. The molecule has 5 nitrogen and oxygen atoms in total. The van der Waals surface area contributed by atoms with Crippen molar-refractivity contribution in [2.45, 2.75) is 0 Å². The molecule has 6 aromatic rings. The molecule has 0 spiro atoms. The summed E-state index contributed by atoms with van der Waals surface area (Å²) >= 11 is 0. The average Bonchev–Trinajstić information content (AvgIpc) is 2.91. The molecule has 0 amide bonds. The van der Waals surface area contributed by atoms with Gasteiger partial charge in [0, 0.05) is 45.9 Å². The number of rotatable bonds is 6. The van der Waals surface area contributed by atoms with E-state index in [0.717, 1.165) is 56.1 Å². The minimum Gasteiger partial charge on any atom is -0.457 e. The van der Waals surface area contributed by atoms with E-state index in [1.54, 1.807) is 0 Å². The van der Waals surface area contributed by atoms with Crippen LogP contribution in [0.1, 0.15) is 0 Å². The van der Waals surface area contributed by atoms with E-state index in [9.17, 15) is 0 Å². The van der Waals surface area contributed by atoms with Crippen LogP contribution >= 0.6 is 0 Å². The first-order chi connectivity index (χ1) is 17.3. The smallest absolute Gasteiger partial charge is 0.127 e. The number of nitrogens with zero attached hydrogens (tertiary/aromatic N) is 2. The fourth-order valence-electron chi connectivity index (χ4n) is 4.07. The van der Waals surface area contributed by atoms with Crippen LogP contribution < -0.4 is 15.4 Å². The Morgan fingerprint density at radius 2 is 0.886 bits per heavy atom. The van der Waals surface area contributed by atoms with Crippen molar-refractivity contribution in [3.63, 3.8) is 0 Å². The lowest BCUT2D eigenvalue weighted by molar-refractivity contribution is 0.483. The van der Waals surface area contributed by atoms with Crippen LogP contribution in [0.5, 0.6) is 11.5 Å². The van der Waals surface area contributed by atoms with E-state index in [-0.39, 0.29) is 0 Å². The molecule has 2 N–H and O–H groups in total. The molecule has 0 saturated carbocycles. The minimum atomic E-state index is 0.774. The zero-order chi connectivity index (χ0) is 23.5. The van der Waals surface area contributed by atoms with Gasteiger partial charge < -0.3 is 15.4 Å². The van der Waals surface area contributed by atoms with Crippen LogP contribution in [-0.4, -0.2) is 9.97 Å². The van der Waals surface area contributed by atoms with Crippen molar-refractivity contribution in [2.24, 2.45) is 0 Å². The van der Waals surface area contributed by atoms with Gasteiger partial charge in [0.2, 0.25) is 0 Å². The number of pyridine rings is 2. The Hall–Kier alpha value is -4.90. The van der Waals surface area contributed by atoms with Crippen molar-refractivity contribution in [2.75, 3.05) is 10.6 Å². The van der Waals surface area contributed by atoms with Gasteiger partial charge in [0.25, 0.3) is 0 Å². The van der Waals surface area contributed by atoms with Crippen LogP contribution in [0, 0.1) is 0 Å². The van der Waals surface area contributed by atoms with Crippen LogP contribution in [-0.2, 0) is 0 Å². The Bertz CT molecular complexity index is 1480. The Morgan fingerprint density at radius 3 is 1.34 bits per heavy atom. The molecular weight excluding hydrogens is 432 g/mol. The van der Waals surface area contributed by atoms with Crippen LogP contribution in [0.15, 0.2) is 122 Å². The fourth-order valence-corrected chi connectivity index (χ4v) is 4.07. The molecule has 0 saturated heterocycles. The van der Waals surface area contributed by atoms with Crippen molar-refractivity contribution in [3.8, 4) is 11.5 Å². The van der Waals surface area contributed by atoms with Gasteiger partial charge in [0.15, 0.2) is 0 Å². The van der Waals surface area contributed by atoms with Crippen molar-refractivity contribution in [3.05, 3.63) is 122 Å². The van der Waals surface area contributed by atoms with Gasteiger partial charge in [-0.05, 0) is 72.8 Å². The van der Waals surface area contributed by atoms with E-state index in [4.69, 9.17) is 4.74 Å². The Labute approximate surface area is 203 Å². The second-order valence-electron chi connectivity index (χ2n) is 8.15. The zero-order valence-corrected chi connectivity index (χ0v) is 18.8. The zero-order valence-electron chi connectivity index (χ0n) is 18.8. The van der Waals surface area contributed by atoms with Gasteiger partial charge in [-0.15, -0.1) is 0 Å². The van der Waals surface area contributed by atoms with Gasteiger partial charge in [0.05, 0.1) is 11.0 Å². The summed E-state index contributed by atoms with van der Waals surface area (Å²) in [5, 5.41) is 9.12. The highest BCUT2D eigenvalue weighted by atomic mass is 16.5. The Morgan fingerprint density at radius 1 is 0.457 bits per heavy atom. The lowest BCUT2D eigenvalue weighted by Gasteiger charge is -2.12. The molecule has 5 heteroatoms. The first kappa shape index (κ1) is 20.7. The quantitative estimate of drug-likeness (QED) is 0.266. The number of hydrogen-bond acceptors (Lipinski definition) is 5. The highest BCUT2D eigenvalue weighted by Crippen LogP contribution is 2.29. The molecule has 6 rings (SSSR count). The molecule has 2 heterocycles. The standard InChI is InChI=1S/C30H22N4O/c1-3-7-27-25(5-1)29(17-19-31-27)33-21-9-13-23(14-10-21)35-24-15-11-22(12-16-24)34-30-18-20-32-28-8-4-2-6-26(28)30/h1-20H,(H,31,33)(H,32,34). The van der Waals surface area contributed by atoms with Crippen molar-refractivity contribution in [1.29, 1.82) is 0 Å². The Kier molecular flexibility index (Phi) is 5.41. The van der Waals surface area contributed by atoms with Gasteiger partial charge in [-0.3, -0.25) is 9.97 Å². The van der Waals surface area contributed by atoms with Crippen molar-refractivity contribution >= 4 is 44.6 Å². The first-order valence-corrected chi connectivity index (χ1v) is 11.4. The molecule has 0 aliphatic heterocycles. The maximum Gasteiger partial charge on any atom is 0.127 e. The Balaban J connectivity index is 1.13. The number of fused-ring (bicyclic) bond motifs is 2. The van der Waals surface area contributed by atoms with E-state index >= 15 is 0 Å². The van der Waals surface area contributed by atoms with Gasteiger partial charge in [-0.2, -0.15) is 0 Å². The molecule has 0 aliphatic carbocycles. The minimum absolute atomic E-state index is 0.774. The van der Waals surface area contributed by atoms with Gasteiger partial charge >= 0.3 is 0 Å². The van der Waals surface area contributed by atoms with Crippen molar-refractivity contribution < 1.29 is 4.74 Å². The van der Waals surface area contributed by atoms with Crippen LogP contribution in [0.2, 0.25) is 0 Å². The number of anilines is 4. The molecule has 0 aliphatic rings. The predicted molar refractivity (Wildman–Crippen MR) is 143 cm³/mol. The summed E-state index contributed by atoms with van der Waals surface area (Å²) in [5.41, 5.74) is 5.94. The maximum absolute atomic E-state index is 6.05. The number of ether oxygens (including phenoxy) is 1. The molecule has 0 radical (unpaired) electrons. The third-order valence-corrected chi connectivity index (χ3v) is 5.80. The van der Waals surface area contributed by atoms with Crippen LogP contribution in [0.25, 0.3) is 21.8 Å². The van der Waals surface area contributed by atoms with Gasteiger partial charge in [0.1, 0.15) is 11.5 Å². The summed E-state index contributed by atoms with van der Waals surface area (Å²) in [6.07, 6.45) is 3.63. The molecule has 0 unspecified atom stereocenters. The topological polar surface area (TPSA) is 59.1 Å². The highest BCUT2D eigenvalue weighted by molar-refractivity contribution is 5.93. The summed E-state index contributed by atoms with van der Waals surface area (Å²) in [6, 6.07) is 36.0. The maximum atomic E-state index is 6.05. The first-order valence-electron chi connectivity index (χ1n) is 11.4. The third kappa shape index (κ3) is 4.48. The van der Waals surface area contributed by atoms with E-state index in [1.165, 1.54) is 0 Å². The number of hydrogen-bond donors (Lipinski definition) is 2. The molecule has 0 bridgehead atoms. The molecule has 4 aromatic carbocycles. The second kappa shape index (κ2) is 9.15. The highest BCUT2D eigenvalue weighted by Gasteiger charge is 2.05. The molecule has 2 aromatic heterocycles. The number of aromatic nitrogens is 2. The lowest BCUT2D eigenvalue weighted by atomic mass is 10.2. The molecular formula is C30H22N4O. The molecule has 0 fully saturated rings. The number of nitrogens with one attached hydrogen (secondary N) is 2. The monoisotopic (exact) mass is 454 g/mol. The van der Waals surface area contributed by atoms with E-state index in [1.807, 2.05) is 109 Å². The van der Waals surface area contributed by atoms with E-state index < -0.39 is 0 Å². The van der Waals surface area contributed by atoms with E-state index in [2.05, 4.69) is 32.7 Å². The number of benzene rings is 4. The van der Waals surface area contributed by atoms with E-state index in [0.29, 0.717) is 0 Å². The van der Waals surface area contributed by atoms with Gasteiger partial charge in [-0.25, -0.2) is 0 Å². The summed E-state index contributed by atoms with van der Waals surface area (Å²) in [6.45, 7) is 0. The summed E-state index contributed by atoms with van der Waals surface area (Å²) in [7, 11) is 0. The lowest BCUT2D eigenvalue weighted by Crippen LogP contribution is -1.93. The number of para-hydroxylation sites is 2. The largest absolute Gasteiger partial charge is 0.457 e. The molecule has 35 heavy (non-hydrogen) atoms. The summed E-state index contributed by atoms with van der Waals surface area (Å²) in [5.74, 6) is 1.55. The van der Waals surface area contributed by atoms with Gasteiger partial charge in [-0.1, -0.05) is 36.4 Å². The van der Waals surface area contributed by atoms with Crippen LogP contribution in [0.4, 0.5) is 22.7 Å². The third-order valence-electron chi connectivity index (χ3n) is 5.80. The average molecular weight is 455 g/mol. The fraction of sp³-hybridized carbons (Fsp3) is 0.